The van der Waals surface area contributed by atoms with Crippen LogP contribution in [0.2, 0.25) is 13.1 Å². The number of unbranched alkanes of at least 4 members (excludes halogenated alkanes) is 2. The van der Waals surface area contributed by atoms with Crippen LogP contribution in [0.4, 0.5) is 0 Å². The molecule has 0 fully saturated rings. The van der Waals surface area contributed by atoms with E-state index in [9.17, 15) is 0 Å². The number of benzene rings is 4. The molecule has 0 amide bonds. The van der Waals surface area contributed by atoms with E-state index in [1.807, 2.05) is 0 Å². The van der Waals surface area contributed by atoms with E-state index in [-0.39, 0.29) is 7.25 Å². The fourth-order valence-corrected chi connectivity index (χ4v) is 42.6. The Morgan fingerprint density at radius 3 is 1.10 bits per heavy atom. The van der Waals surface area contributed by atoms with E-state index in [1.54, 1.807) is 0 Å². The topological polar surface area (TPSA) is 0 Å². The molecule has 0 nitrogen and oxygen atoms in total. The minimum atomic E-state index is -5.06. The Bertz CT molecular complexity index is 2090. The second-order valence-electron chi connectivity index (χ2n) is 21.0. The van der Waals surface area contributed by atoms with Gasteiger partial charge in [-0.3, -0.25) is 0 Å². The van der Waals surface area contributed by atoms with Crippen molar-refractivity contribution in [2.75, 3.05) is 0 Å². The van der Waals surface area contributed by atoms with Gasteiger partial charge in [-0.2, -0.15) is 0 Å². The summed E-state index contributed by atoms with van der Waals surface area (Å²) in [6, 6.07) is 25.0. The maximum atomic E-state index is 9.17. The molecule has 0 saturated carbocycles. The van der Waals surface area contributed by atoms with Gasteiger partial charge in [-0.05, 0) is 0 Å². The zero-order chi connectivity index (χ0) is 45.3. The van der Waals surface area contributed by atoms with E-state index >= 15 is 0 Å². The Labute approximate surface area is 388 Å². The van der Waals surface area contributed by atoms with E-state index in [2.05, 4.69) is 169 Å². The number of fused-ring (bicyclic) bond motifs is 2. The molecule has 2 aliphatic rings. The predicted molar refractivity (Wildman–Crippen MR) is 279 cm³/mol. The second kappa shape index (κ2) is 20.3. The summed E-state index contributed by atoms with van der Waals surface area (Å²) in [5.41, 5.74) is 23.0. The van der Waals surface area contributed by atoms with Gasteiger partial charge in [-0.1, -0.05) is 0 Å². The first-order valence-electron chi connectivity index (χ1n) is 25.0. The summed E-state index contributed by atoms with van der Waals surface area (Å²) in [6.45, 7) is 33.2. The zero-order valence-corrected chi connectivity index (χ0v) is 46.4. The normalized spacial score (nSPS) is 17.0. The van der Waals surface area contributed by atoms with Gasteiger partial charge in [0.1, 0.15) is 0 Å². The molecule has 0 aliphatic heterocycles. The van der Waals surface area contributed by atoms with Gasteiger partial charge in [0, 0.05) is 0 Å². The van der Waals surface area contributed by atoms with Crippen molar-refractivity contribution >= 4 is 35.1 Å². The molecule has 4 aromatic carbocycles. The van der Waals surface area contributed by atoms with Gasteiger partial charge >= 0.3 is 392 Å². The first-order chi connectivity index (χ1) is 29.4. The van der Waals surface area contributed by atoms with Crippen LogP contribution < -0.4 is 0 Å². The monoisotopic (exact) mass is 965 g/mol. The Hall–Kier alpha value is -1.96. The maximum absolute atomic E-state index is 9.17. The Kier molecular flexibility index (Phi) is 16.2. The minimum absolute atomic E-state index is 0.0943. The summed E-state index contributed by atoms with van der Waals surface area (Å²) < 4.78 is 0.189. The van der Waals surface area contributed by atoms with Gasteiger partial charge in [0.05, 0.1) is 0 Å². The number of halogens is 2. The molecular formula is C58H81Cl2SiZr. The molecule has 0 radical (unpaired) electrons. The van der Waals surface area contributed by atoms with Crippen LogP contribution in [0, 0.1) is 0 Å². The molecule has 2 unspecified atom stereocenters. The molecule has 335 valence electrons. The molecule has 6 rings (SSSR count). The van der Waals surface area contributed by atoms with Gasteiger partial charge < -0.3 is 0 Å². The molecule has 4 heteroatoms. The van der Waals surface area contributed by atoms with Gasteiger partial charge in [0.15, 0.2) is 0 Å². The van der Waals surface area contributed by atoms with Crippen molar-refractivity contribution in [1.82, 2.24) is 0 Å². The molecule has 0 aromatic heterocycles. The van der Waals surface area contributed by atoms with Crippen LogP contribution in [-0.2, 0) is 28.4 Å². The standard InChI is InChI=1S/2C28H37.C2H7Si.2ClH.Zr/c2*1-7-9-11-21-14-23-13-12-22(10-8-2)28(27(23)15-21)26-17-24(19(3)4)16-25(18-26)20(5)6;1-3-2;;;/h2*12-20H,7-11H2,1-6H3;3H,1-2H3;2*1H;/q;;;;;+2/p-2. The van der Waals surface area contributed by atoms with Crippen molar-refractivity contribution in [2.24, 2.45) is 0 Å². The van der Waals surface area contributed by atoms with Gasteiger partial charge in [0.25, 0.3) is 0 Å². The second-order valence-corrected chi connectivity index (χ2v) is 63.5. The van der Waals surface area contributed by atoms with E-state index in [1.165, 1.54) is 89.0 Å². The van der Waals surface area contributed by atoms with Crippen molar-refractivity contribution in [3.63, 3.8) is 0 Å². The van der Waals surface area contributed by atoms with Crippen LogP contribution in [0.15, 0.2) is 71.8 Å². The van der Waals surface area contributed by atoms with Crippen molar-refractivity contribution in [3.05, 3.63) is 127 Å². The molecule has 0 heterocycles. The van der Waals surface area contributed by atoms with Gasteiger partial charge in [-0.25, -0.2) is 0 Å². The fraction of sp³-hybridized carbons (Fsp3) is 0.517. The molecular weight excluding hydrogens is 887 g/mol. The fourth-order valence-electron chi connectivity index (χ4n) is 11.1. The molecule has 2 aliphatic carbocycles. The van der Waals surface area contributed by atoms with Crippen molar-refractivity contribution in [2.45, 2.75) is 191 Å². The van der Waals surface area contributed by atoms with Crippen LogP contribution in [-0.4, -0.2) is 5.92 Å². The quantitative estimate of drug-likeness (QED) is 0.0822. The van der Waals surface area contributed by atoms with E-state index < -0.39 is 21.5 Å². The van der Waals surface area contributed by atoms with Crippen LogP contribution >= 0.6 is 17.0 Å². The third-order valence-electron chi connectivity index (χ3n) is 14.8. The van der Waals surface area contributed by atoms with Gasteiger partial charge in [-0.15, -0.1) is 0 Å². The SMILES string of the molecule is CCCCC1=Cc2c(ccc(CCC)c2-c2cc(C(C)C)cc(C(C)C)c2)[CH]1[Zr]([Cl])([Cl])([CH]1C(CCCC)=Cc2c1ccc(CCC)c2-c1cc(C(C)C)cc(C(C)C)c1)[SiH](C)C. The molecule has 0 saturated heterocycles. The summed E-state index contributed by atoms with van der Waals surface area (Å²) in [5, 5.41) is 0. The summed E-state index contributed by atoms with van der Waals surface area (Å²) in [5.74, 6) is 0.0738. The molecule has 62 heavy (non-hydrogen) atoms. The number of hydrogen-bond donors (Lipinski definition) is 0. The van der Waals surface area contributed by atoms with Crippen molar-refractivity contribution in [1.29, 1.82) is 0 Å². The third kappa shape index (κ3) is 9.36. The summed E-state index contributed by atoms with van der Waals surface area (Å²) in [4.78, 5) is 0. The molecule has 2 atom stereocenters. The average molecular weight is 969 g/mol. The zero-order valence-electron chi connectivity index (χ0n) is 41.3. The summed E-state index contributed by atoms with van der Waals surface area (Å²) in [7, 11) is 18.3. The third-order valence-corrected chi connectivity index (χ3v) is 66.7. The molecule has 4 aromatic rings. The number of aryl methyl sites for hydroxylation is 2. The predicted octanol–water partition coefficient (Wildman–Crippen LogP) is 19.4. The molecule has 0 spiro atoms. The van der Waals surface area contributed by atoms with E-state index in [4.69, 9.17) is 17.0 Å². The first kappa shape index (κ1) is 49.5. The summed E-state index contributed by atoms with van der Waals surface area (Å²) in [6.07, 6.45) is 16.4. The van der Waals surface area contributed by atoms with Crippen LogP contribution in [0.1, 0.15) is 221 Å². The Balaban J connectivity index is 1.69. The molecule has 0 bridgehead atoms. The van der Waals surface area contributed by atoms with Crippen molar-refractivity contribution < 1.29 is 15.6 Å². The van der Waals surface area contributed by atoms with Crippen LogP contribution in [0.5, 0.6) is 0 Å². The number of allylic oxidation sites excluding steroid dienone is 2. The average Bonchev–Trinajstić information content (AvgIpc) is 3.81. The number of rotatable bonds is 19. The van der Waals surface area contributed by atoms with E-state index in [0.717, 1.165) is 64.2 Å². The molecule has 0 N–H and O–H groups in total. The Morgan fingerprint density at radius 2 is 0.823 bits per heavy atom. The summed E-state index contributed by atoms with van der Waals surface area (Å²) >= 11 is -5.06. The first-order valence-corrected chi connectivity index (χ1v) is 41.3. The van der Waals surface area contributed by atoms with Crippen LogP contribution in [0.3, 0.4) is 0 Å². The van der Waals surface area contributed by atoms with Crippen molar-refractivity contribution in [3.8, 4) is 22.3 Å². The number of hydrogen-bond acceptors (Lipinski definition) is 0. The Morgan fingerprint density at radius 1 is 0.484 bits per heavy atom. The van der Waals surface area contributed by atoms with E-state index in [0.29, 0.717) is 23.7 Å². The van der Waals surface area contributed by atoms with Gasteiger partial charge in [0.2, 0.25) is 0 Å². The van der Waals surface area contributed by atoms with Crippen LogP contribution in [0.25, 0.3) is 34.4 Å².